The number of methoxy groups -OCH3 is 2. The molecular weight excluding hydrogens is 404 g/mol. The Morgan fingerprint density at radius 2 is 1.39 bits per heavy atom. The maximum absolute atomic E-state index is 12.4. The highest BCUT2D eigenvalue weighted by Crippen LogP contribution is 2.38. The Kier molecular flexibility index (Phi) is 6.98. The molecule has 0 unspecified atom stereocenters. The van der Waals surface area contributed by atoms with Crippen LogP contribution in [0.4, 0.5) is 0 Å². The van der Waals surface area contributed by atoms with E-state index in [1.54, 1.807) is 13.2 Å². The molecule has 0 bridgehead atoms. The first-order chi connectivity index (χ1) is 14.8. The second-order valence-corrected chi connectivity index (χ2v) is 12.7. The quantitative estimate of drug-likeness (QED) is 0.388. The lowest BCUT2D eigenvalue weighted by Crippen LogP contribution is -2.68. The van der Waals surface area contributed by atoms with Gasteiger partial charge in [-0.1, -0.05) is 81.4 Å². The highest BCUT2D eigenvalue weighted by Gasteiger charge is 2.52. The third kappa shape index (κ3) is 4.58. The Morgan fingerprint density at radius 3 is 1.84 bits per heavy atom. The third-order valence-electron chi connectivity index (χ3n) is 5.44. The lowest BCUT2D eigenvalue weighted by molar-refractivity contribution is 0.0845. The molecule has 5 heteroatoms. The predicted molar refractivity (Wildman–Crippen MR) is 127 cm³/mol. The molecular formula is C26H30O4Si. The molecule has 0 heterocycles. The third-order valence-corrected chi connectivity index (χ3v) is 10.4. The zero-order valence-corrected chi connectivity index (χ0v) is 19.8. The molecule has 0 spiro atoms. The number of hydrogen-bond donors (Lipinski definition) is 0. The fraction of sp³-hybridized carbons (Fsp3) is 0.269. The van der Waals surface area contributed by atoms with E-state index >= 15 is 0 Å². The highest BCUT2D eigenvalue weighted by atomic mass is 28.4. The van der Waals surface area contributed by atoms with Gasteiger partial charge in [0.1, 0.15) is 18.1 Å². The monoisotopic (exact) mass is 434 g/mol. The van der Waals surface area contributed by atoms with Gasteiger partial charge in [-0.3, -0.25) is 4.79 Å². The van der Waals surface area contributed by atoms with Crippen LogP contribution in [-0.4, -0.2) is 34.9 Å². The SMILES string of the molecule is COCC(=O)c1ccc(O[Si](c2ccccc2)(c2ccccc2)C(C)(C)C)cc1OC. The van der Waals surface area contributed by atoms with Crippen molar-refractivity contribution in [3.63, 3.8) is 0 Å². The average Bonchev–Trinajstić information content (AvgIpc) is 2.77. The number of hydrogen-bond acceptors (Lipinski definition) is 4. The maximum Gasteiger partial charge on any atom is 0.319 e. The summed E-state index contributed by atoms with van der Waals surface area (Å²) in [6.45, 7) is 6.69. The summed E-state index contributed by atoms with van der Waals surface area (Å²) in [5, 5.41) is 2.22. The van der Waals surface area contributed by atoms with Gasteiger partial charge in [-0.15, -0.1) is 0 Å². The summed E-state index contributed by atoms with van der Waals surface area (Å²) in [5.41, 5.74) is 0.485. The minimum Gasteiger partial charge on any atom is -0.534 e. The molecule has 0 aromatic heterocycles. The Balaban J connectivity index is 2.17. The summed E-state index contributed by atoms with van der Waals surface area (Å²) in [4.78, 5) is 12.4. The largest absolute Gasteiger partial charge is 0.534 e. The van der Waals surface area contributed by atoms with E-state index in [1.807, 2.05) is 24.3 Å². The van der Waals surface area contributed by atoms with Crippen molar-refractivity contribution in [3.8, 4) is 11.5 Å². The molecule has 0 amide bonds. The van der Waals surface area contributed by atoms with Crippen molar-refractivity contribution in [3.05, 3.63) is 84.4 Å². The second-order valence-electron chi connectivity index (χ2n) is 8.48. The number of ketones is 1. The van der Waals surface area contributed by atoms with Crippen molar-refractivity contribution in [1.29, 1.82) is 0 Å². The summed E-state index contributed by atoms with van der Waals surface area (Å²) in [5.74, 6) is 1.04. The average molecular weight is 435 g/mol. The van der Waals surface area contributed by atoms with E-state index in [-0.39, 0.29) is 17.4 Å². The van der Waals surface area contributed by atoms with Crippen LogP contribution in [0.15, 0.2) is 78.9 Å². The Hall–Kier alpha value is -2.89. The van der Waals surface area contributed by atoms with Crippen LogP contribution < -0.4 is 19.5 Å². The van der Waals surface area contributed by atoms with Gasteiger partial charge in [0.05, 0.1) is 12.7 Å². The van der Waals surface area contributed by atoms with Crippen molar-refractivity contribution in [2.45, 2.75) is 25.8 Å². The van der Waals surface area contributed by atoms with Gasteiger partial charge in [0.25, 0.3) is 0 Å². The van der Waals surface area contributed by atoms with E-state index < -0.39 is 8.32 Å². The van der Waals surface area contributed by atoms with Crippen molar-refractivity contribution in [2.24, 2.45) is 0 Å². The molecule has 0 saturated heterocycles. The number of carbonyl (C=O) groups is 1. The van der Waals surface area contributed by atoms with E-state index in [2.05, 4.69) is 69.3 Å². The van der Waals surface area contributed by atoms with Gasteiger partial charge in [-0.2, -0.15) is 0 Å². The summed E-state index contributed by atoms with van der Waals surface area (Å²) < 4.78 is 17.5. The minimum atomic E-state index is -2.75. The van der Waals surface area contributed by atoms with E-state index in [0.29, 0.717) is 17.1 Å². The van der Waals surface area contributed by atoms with Gasteiger partial charge in [0.2, 0.25) is 0 Å². The number of Topliss-reactive ketones (excluding diaryl/α,β-unsaturated/α-hetero) is 1. The van der Waals surface area contributed by atoms with Crippen LogP contribution in [0.3, 0.4) is 0 Å². The lowest BCUT2D eigenvalue weighted by Gasteiger charge is -2.43. The summed E-state index contributed by atoms with van der Waals surface area (Å²) in [6, 6.07) is 26.3. The molecule has 0 atom stereocenters. The van der Waals surface area contributed by atoms with E-state index in [4.69, 9.17) is 13.9 Å². The molecule has 0 N–H and O–H groups in total. The van der Waals surface area contributed by atoms with Crippen molar-refractivity contribution in [2.75, 3.05) is 20.8 Å². The smallest absolute Gasteiger partial charge is 0.319 e. The molecule has 0 radical (unpaired) electrons. The van der Waals surface area contributed by atoms with Crippen LogP contribution in [0.25, 0.3) is 0 Å². The normalized spacial score (nSPS) is 11.8. The molecule has 3 aromatic carbocycles. The zero-order chi connectivity index (χ0) is 22.5. The molecule has 162 valence electrons. The standard InChI is InChI=1S/C26H30O4Si/c1-26(2,3)31(21-12-8-6-9-13-21,22-14-10-7-11-15-22)30-20-16-17-23(24(27)19-28-4)25(18-20)29-5/h6-18H,19H2,1-5H3. The highest BCUT2D eigenvalue weighted by molar-refractivity contribution is 7.00. The lowest BCUT2D eigenvalue weighted by atomic mass is 10.1. The van der Waals surface area contributed by atoms with Gasteiger partial charge in [-0.25, -0.2) is 0 Å². The Morgan fingerprint density at radius 1 is 0.839 bits per heavy atom. The fourth-order valence-electron chi connectivity index (χ4n) is 4.00. The number of rotatable bonds is 8. The van der Waals surface area contributed by atoms with Crippen LogP contribution in [0, 0.1) is 0 Å². The fourth-order valence-corrected chi connectivity index (χ4v) is 8.41. The Bertz CT molecular complexity index is 971. The van der Waals surface area contributed by atoms with Crippen LogP contribution in [0.1, 0.15) is 31.1 Å². The predicted octanol–water partition coefficient (Wildman–Crippen LogP) is 4.46. The van der Waals surface area contributed by atoms with Gasteiger partial charge in [-0.05, 0) is 27.5 Å². The summed E-state index contributed by atoms with van der Waals surface area (Å²) >= 11 is 0. The molecule has 0 fully saturated rings. The first-order valence-electron chi connectivity index (χ1n) is 10.3. The van der Waals surface area contributed by atoms with Crippen molar-refractivity contribution >= 4 is 24.5 Å². The zero-order valence-electron chi connectivity index (χ0n) is 18.8. The number of ether oxygens (including phenoxy) is 2. The van der Waals surface area contributed by atoms with Crippen molar-refractivity contribution < 1.29 is 18.7 Å². The topological polar surface area (TPSA) is 44.8 Å². The molecule has 0 saturated carbocycles. The van der Waals surface area contributed by atoms with Gasteiger partial charge < -0.3 is 13.9 Å². The number of benzene rings is 3. The molecule has 4 nitrogen and oxygen atoms in total. The summed E-state index contributed by atoms with van der Waals surface area (Å²) in [7, 11) is 0.315. The molecule has 0 aliphatic carbocycles. The first-order valence-corrected chi connectivity index (χ1v) is 12.2. The number of carbonyl (C=O) groups excluding carboxylic acids is 1. The molecule has 3 aromatic rings. The van der Waals surface area contributed by atoms with Crippen molar-refractivity contribution in [1.82, 2.24) is 0 Å². The van der Waals surface area contributed by atoms with E-state index in [1.165, 1.54) is 17.5 Å². The van der Waals surface area contributed by atoms with Crippen LogP contribution >= 0.6 is 0 Å². The van der Waals surface area contributed by atoms with E-state index in [9.17, 15) is 4.79 Å². The van der Waals surface area contributed by atoms with Crippen LogP contribution in [0.2, 0.25) is 5.04 Å². The minimum absolute atomic E-state index is 0.00523. The molecule has 31 heavy (non-hydrogen) atoms. The first kappa shape index (κ1) is 22.8. The molecule has 0 aliphatic rings. The van der Waals surface area contributed by atoms with Gasteiger partial charge in [0, 0.05) is 13.2 Å². The van der Waals surface area contributed by atoms with Crippen LogP contribution in [0.5, 0.6) is 11.5 Å². The molecule has 3 rings (SSSR count). The molecule has 0 aliphatic heterocycles. The maximum atomic E-state index is 12.4. The van der Waals surface area contributed by atoms with Gasteiger partial charge in [0.15, 0.2) is 5.78 Å². The summed E-state index contributed by atoms with van der Waals surface area (Å²) in [6.07, 6.45) is 0. The van der Waals surface area contributed by atoms with Gasteiger partial charge >= 0.3 is 8.32 Å². The van der Waals surface area contributed by atoms with E-state index in [0.717, 1.165) is 0 Å². The second kappa shape index (κ2) is 9.50. The van der Waals surface area contributed by atoms with Crippen LogP contribution in [-0.2, 0) is 4.74 Å². The Labute approximate surface area is 185 Å².